The van der Waals surface area contributed by atoms with Crippen LogP contribution in [0.3, 0.4) is 0 Å². The molecule has 0 aromatic heterocycles. The van der Waals surface area contributed by atoms with E-state index in [0.29, 0.717) is 5.92 Å². The van der Waals surface area contributed by atoms with Gasteiger partial charge in [0.2, 0.25) is 0 Å². The molecular formula is C14H19NO2. The molecule has 92 valence electrons. The van der Waals surface area contributed by atoms with Gasteiger partial charge in [0.15, 0.2) is 0 Å². The standard InChI is InChI=1S/C14H19NO2/c1-11-7-5-6-10-13(11)17-14(16)15-12-8-3-2-4-9-12/h2-4,8-9,11,13H,5-7,10H2,1H3,(H,15,16)/t11-,13+/m1/s1. The first-order chi connectivity index (χ1) is 8.25. The molecule has 0 bridgehead atoms. The largest absolute Gasteiger partial charge is 0.446 e. The molecule has 3 heteroatoms. The fourth-order valence-corrected chi connectivity index (χ4v) is 2.26. The molecule has 3 nitrogen and oxygen atoms in total. The molecule has 2 atom stereocenters. The molecule has 0 spiro atoms. The van der Waals surface area contributed by atoms with Crippen LogP contribution in [0.4, 0.5) is 10.5 Å². The fraction of sp³-hybridized carbons (Fsp3) is 0.500. The molecule has 0 unspecified atom stereocenters. The SMILES string of the molecule is C[C@@H]1CCCC[C@@H]1OC(=O)Nc1ccccc1. The normalized spacial score (nSPS) is 24.1. The van der Waals surface area contributed by atoms with E-state index in [1.54, 1.807) is 0 Å². The van der Waals surface area contributed by atoms with Crippen molar-refractivity contribution >= 4 is 11.8 Å². The van der Waals surface area contributed by atoms with Crippen molar-refractivity contribution in [2.24, 2.45) is 5.92 Å². The Kier molecular flexibility index (Phi) is 4.02. The lowest BCUT2D eigenvalue weighted by molar-refractivity contribution is 0.0524. The van der Waals surface area contributed by atoms with E-state index in [1.807, 2.05) is 30.3 Å². The number of hydrogen-bond donors (Lipinski definition) is 1. The fourth-order valence-electron chi connectivity index (χ4n) is 2.26. The molecule has 0 aliphatic heterocycles. The average Bonchev–Trinajstić information content (AvgIpc) is 2.33. The number of amides is 1. The van der Waals surface area contributed by atoms with E-state index in [0.717, 1.165) is 24.9 Å². The highest BCUT2D eigenvalue weighted by atomic mass is 16.6. The predicted molar refractivity (Wildman–Crippen MR) is 68.0 cm³/mol. The molecule has 17 heavy (non-hydrogen) atoms. The van der Waals surface area contributed by atoms with Crippen molar-refractivity contribution in [2.75, 3.05) is 5.32 Å². The summed E-state index contributed by atoms with van der Waals surface area (Å²) < 4.78 is 5.46. The summed E-state index contributed by atoms with van der Waals surface area (Å²) >= 11 is 0. The Morgan fingerprint density at radius 2 is 1.94 bits per heavy atom. The molecule has 0 radical (unpaired) electrons. The number of hydrogen-bond acceptors (Lipinski definition) is 2. The summed E-state index contributed by atoms with van der Waals surface area (Å²) in [4.78, 5) is 11.7. The van der Waals surface area contributed by atoms with E-state index in [-0.39, 0.29) is 12.2 Å². The molecule has 1 N–H and O–H groups in total. The Hall–Kier alpha value is -1.51. The van der Waals surface area contributed by atoms with Crippen molar-refractivity contribution in [3.63, 3.8) is 0 Å². The van der Waals surface area contributed by atoms with Gasteiger partial charge in [-0.3, -0.25) is 5.32 Å². The topological polar surface area (TPSA) is 38.3 Å². The zero-order valence-corrected chi connectivity index (χ0v) is 10.2. The van der Waals surface area contributed by atoms with Crippen LogP contribution in [0.15, 0.2) is 30.3 Å². The summed E-state index contributed by atoms with van der Waals surface area (Å²) in [5.41, 5.74) is 0.779. The third kappa shape index (κ3) is 3.48. The maximum Gasteiger partial charge on any atom is 0.411 e. The number of benzene rings is 1. The summed E-state index contributed by atoms with van der Waals surface area (Å²) in [5, 5.41) is 2.75. The lowest BCUT2D eigenvalue weighted by Crippen LogP contribution is -2.30. The van der Waals surface area contributed by atoms with Gasteiger partial charge >= 0.3 is 6.09 Å². The first-order valence-electron chi connectivity index (χ1n) is 6.28. The van der Waals surface area contributed by atoms with Crippen LogP contribution in [0, 0.1) is 5.92 Å². The van der Waals surface area contributed by atoms with Gasteiger partial charge in [0.25, 0.3) is 0 Å². The maximum absolute atomic E-state index is 11.7. The number of para-hydroxylation sites is 1. The molecule has 1 aliphatic rings. The zero-order chi connectivity index (χ0) is 12.1. The minimum atomic E-state index is -0.338. The van der Waals surface area contributed by atoms with Crippen LogP contribution < -0.4 is 5.32 Å². The smallest absolute Gasteiger partial charge is 0.411 e. The predicted octanol–water partition coefficient (Wildman–Crippen LogP) is 3.81. The number of carbonyl (C=O) groups is 1. The van der Waals surface area contributed by atoms with Crippen molar-refractivity contribution in [1.29, 1.82) is 0 Å². The monoisotopic (exact) mass is 233 g/mol. The van der Waals surface area contributed by atoms with E-state index < -0.39 is 0 Å². The molecule has 1 saturated carbocycles. The maximum atomic E-state index is 11.7. The van der Waals surface area contributed by atoms with Gasteiger partial charge in [0.05, 0.1) is 0 Å². The van der Waals surface area contributed by atoms with Crippen molar-refractivity contribution in [3.05, 3.63) is 30.3 Å². The summed E-state index contributed by atoms with van der Waals surface area (Å²) in [6.07, 6.45) is 4.30. The summed E-state index contributed by atoms with van der Waals surface area (Å²) in [6.45, 7) is 2.15. The van der Waals surface area contributed by atoms with Gasteiger partial charge in [-0.2, -0.15) is 0 Å². The van der Waals surface area contributed by atoms with Gasteiger partial charge in [0, 0.05) is 5.69 Å². The summed E-state index contributed by atoms with van der Waals surface area (Å²) in [5.74, 6) is 0.477. The highest BCUT2D eigenvalue weighted by Crippen LogP contribution is 2.26. The lowest BCUT2D eigenvalue weighted by atomic mass is 9.88. The van der Waals surface area contributed by atoms with Gasteiger partial charge in [-0.05, 0) is 37.3 Å². The number of nitrogens with one attached hydrogen (secondary N) is 1. The van der Waals surface area contributed by atoms with Gasteiger partial charge in [-0.15, -0.1) is 0 Å². The minimum absolute atomic E-state index is 0.0764. The third-order valence-corrected chi connectivity index (χ3v) is 3.31. The van der Waals surface area contributed by atoms with Crippen molar-refractivity contribution < 1.29 is 9.53 Å². The van der Waals surface area contributed by atoms with Crippen LogP contribution in [0.25, 0.3) is 0 Å². The Bertz CT molecular complexity index is 364. The van der Waals surface area contributed by atoms with E-state index >= 15 is 0 Å². The average molecular weight is 233 g/mol. The highest BCUT2D eigenvalue weighted by Gasteiger charge is 2.24. The van der Waals surface area contributed by atoms with Gasteiger partial charge in [-0.25, -0.2) is 4.79 Å². The second kappa shape index (κ2) is 5.71. The van der Waals surface area contributed by atoms with E-state index in [2.05, 4.69) is 12.2 Å². The Morgan fingerprint density at radius 3 is 2.65 bits per heavy atom. The molecular weight excluding hydrogens is 214 g/mol. The molecule has 2 rings (SSSR count). The van der Waals surface area contributed by atoms with Crippen LogP contribution >= 0.6 is 0 Å². The molecule has 0 saturated heterocycles. The summed E-state index contributed by atoms with van der Waals surface area (Å²) in [7, 11) is 0. The van der Waals surface area contributed by atoms with E-state index in [9.17, 15) is 4.79 Å². The molecule has 1 aromatic rings. The first kappa shape index (κ1) is 12.0. The molecule has 1 aliphatic carbocycles. The number of ether oxygens (including phenoxy) is 1. The van der Waals surface area contributed by atoms with Gasteiger partial charge in [-0.1, -0.05) is 31.5 Å². The second-order valence-corrected chi connectivity index (χ2v) is 4.70. The quantitative estimate of drug-likeness (QED) is 0.843. The van der Waals surface area contributed by atoms with Gasteiger partial charge in [0.1, 0.15) is 6.10 Å². The first-order valence-corrected chi connectivity index (χ1v) is 6.28. The van der Waals surface area contributed by atoms with E-state index in [1.165, 1.54) is 6.42 Å². The number of carbonyl (C=O) groups excluding carboxylic acids is 1. The van der Waals surface area contributed by atoms with Crippen molar-refractivity contribution in [3.8, 4) is 0 Å². The molecule has 1 aromatic carbocycles. The van der Waals surface area contributed by atoms with Crippen LogP contribution in [-0.2, 0) is 4.74 Å². The Morgan fingerprint density at radius 1 is 1.24 bits per heavy atom. The van der Waals surface area contributed by atoms with Crippen LogP contribution in [0.1, 0.15) is 32.6 Å². The number of anilines is 1. The minimum Gasteiger partial charge on any atom is -0.446 e. The number of rotatable bonds is 2. The van der Waals surface area contributed by atoms with Crippen molar-refractivity contribution in [1.82, 2.24) is 0 Å². The lowest BCUT2D eigenvalue weighted by Gasteiger charge is -2.28. The Balaban J connectivity index is 1.84. The van der Waals surface area contributed by atoms with Crippen LogP contribution in [0.5, 0.6) is 0 Å². The van der Waals surface area contributed by atoms with Gasteiger partial charge < -0.3 is 4.74 Å². The second-order valence-electron chi connectivity index (χ2n) is 4.70. The third-order valence-electron chi connectivity index (χ3n) is 3.31. The Labute approximate surface area is 102 Å². The van der Waals surface area contributed by atoms with Crippen molar-refractivity contribution in [2.45, 2.75) is 38.7 Å². The molecule has 1 amide bonds. The van der Waals surface area contributed by atoms with Crippen LogP contribution in [-0.4, -0.2) is 12.2 Å². The summed E-state index contributed by atoms with van der Waals surface area (Å²) in [6, 6.07) is 9.40. The molecule has 0 heterocycles. The van der Waals surface area contributed by atoms with E-state index in [4.69, 9.17) is 4.74 Å². The van der Waals surface area contributed by atoms with Crippen LogP contribution in [0.2, 0.25) is 0 Å². The zero-order valence-electron chi connectivity index (χ0n) is 10.2. The molecule has 1 fully saturated rings. The highest BCUT2D eigenvalue weighted by molar-refractivity contribution is 5.84.